The van der Waals surface area contributed by atoms with Crippen LogP contribution in [0.5, 0.6) is 0 Å². The summed E-state index contributed by atoms with van der Waals surface area (Å²) < 4.78 is 4.79. The fourth-order valence-corrected chi connectivity index (χ4v) is 1.50. The summed E-state index contributed by atoms with van der Waals surface area (Å²) in [6, 6.07) is 0.306. The molecule has 1 atom stereocenters. The van der Waals surface area contributed by atoms with Crippen molar-refractivity contribution in [3.63, 3.8) is 0 Å². The minimum atomic E-state index is -0.998. The highest BCUT2D eigenvalue weighted by atomic mass is 16.5. The summed E-state index contributed by atoms with van der Waals surface area (Å²) in [5.74, 6) is -0.427. The van der Waals surface area contributed by atoms with Crippen molar-refractivity contribution in [3.8, 4) is 0 Å². The lowest BCUT2D eigenvalue weighted by molar-refractivity contribution is -0.139. The zero-order valence-corrected chi connectivity index (χ0v) is 9.05. The van der Waals surface area contributed by atoms with E-state index in [1.54, 1.807) is 6.07 Å². The Bertz CT molecular complexity index is 400. The van der Waals surface area contributed by atoms with E-state index in [-0.39, 0.29) is 12.5 Å². The van der Waals surface area contributed by atoms with Crippen LogP contribution in [0.1, 0.15) is 18.6 Å². The van der Waals surface area contributed by atoms with Crippen molar-refractivity contribution < 1.29 is 19.2 Å². The fourth-order valence-electron chi connectivity index (χ4n) is 1.50. The third-order valence-electron chi connectivity index (χ3n) is 2.56. The van der Waals surface area contributed by atoms with E-state index in [0.29, 0.717) is 5.76 Å². The molecule has 1 aromatic rings. The normalized spacial score (nSPS) is 16.2. The molecule has 7 nitrogen and oxygen atoms in total. The number of carboxylic acid groups (broad SMARTS) is 1. The van der Waals surface area contributed by atoms with Crippen LogP contribution in [0.15, 0.2) is 16.8 Å². The Hall–Kier alpha value is -2.05. The van der Waals surface area contributed by atoms with E-state index in [1.165, 1.54) is 6.20 Å². The molecule has 1 saturated carbocycles. The van der Waals surface area contributed by atoms with Gasteiger partial charge in [0.25, 0.3) is 0 Å². The number of carbonyl (C=O) groups is 2. The SMILES string of the molecule is O=C(NCc1ccno1)NC(C(=O)O)C1CC1. The van der Waals surface area contributed by atoms with Crippen LogP contribution in [0.2, 0.25) is 0 Å². The summed E-state index contributed by atoms with van der Waals surface area (Å²) >= 11 is 0. The summed E-state index contributed by atoms with van der Waals surface area (Å²) in [5, 5.41) is 17.3. The van der Waals surface area contributed by atoms with E-state index in [2.05, 4.69) is 15.8 Å². The number of nitrogens with one attached hydrogen (secondary N) is 2. The molecule has 0 radical (unpaired) electrons. The van der Waals surface area contributed by atoms with Crippen molar-refractivity contribution >= 4 is 12.0 Å². The molecule has 17 heavy (non-hydrogen) atoms. The molecule has 1 heterocycles. The van der Waals surface area contributed by atoms with E-state index < -0.39 is 18.0 Å². The van der Waals surface area contributed by atoms with Gasteiger partial charge in [0.2, 0.25) is 0 Å². The highest BCUT2D eigenvalue weighted by Gasteiger charge is 2.37. The van der Waals surface area contributed by atoms with E-state index in [9.17, 15) is 9.59 Å². The van der Waals surface area contributed by atoms with Gasteiger partial charge in [0.15, 0.2) is 5.76 Å². The minimum Gasteiger partial charge on any atom is -0.480 e. The number of hydrogen-bond acceptors (Lipinski definition) is 4. The van der Waals surface area contributed by atoms with Crippen LogP contribution in [0.3, 0.4) is 0 Å². The monoisotopic (exact) mass is 239 g/mol. The summed E-state index contributed by atoms with van der Waals surface area (Å²) in [6.45, 7) is 0.183. The average Bonchev–Trinajstić information content (AvgIpc) is 2.99. The molecule has 1 aliphatic carbocycles. The second-order valence-electron chi connectivity index (χ2n) is 3.96. The van der Waals surface area contributed by atoms with Gasteiger partial charge >= 0.3 is 12.0 Å². The molecule has 92 valence electrons. The summed E-state index contributed by atoms with van der Waals surface area (Å²) in [5.41, 5.74) is 0. The lowest BCUT2D eigenvalue weighted by Gasteiger charge is -2.13. The smallest absolute Gasteiger partial charge is 0.326 e. The predicted molar refractivity (Wildman–Crippen MR) is 56.0 cm³/mol. The third-order valence-corrected chi connectivity index (χ3v) is 2.56. The zero-order valence-electron chi connectivity index (χ0n) is 9.05. The Morgan fingerprint density at radius 1 is 1.59 bits per heavy atom. The topological polar surface area (TPSA) is 104 Å². The average molecular weight is 239 g/mol. The van der Waals surface area contributed by atoms with Gasteiger partial charge in [0, 0.05) is 6.07 Å². The molecular formula is C10H13N3O4. The summed E-state index contributed by atoms with van der Waals surface area (Å²) in [6.07, 6.45) is 3.16. The Kier molecular flexibility index (Phi) is 3.27. The number of aromatic nitrogens is 1. The van der Waals surface area contributed by atoms with E-state index in [4.69, 9.17) is 9.63 Å². The van der Waals surface area contributed by atoms with Crippen LogP contribution in [-0.4, -0.2) is 28.3 Å². The van der Waals surface area contributed by atoms with Crippen molar-refractivity contribution in [2.75, 3.05) is 0 Å². The van der Waals surface area contributed by atoms with Gasteiger partial charge in [-0.25, -0.2) is 9.59 Å². The second-order valence-corrected chi connectivity index (χ2v) is 3.96. The molecule has 0 bridgehead atoms. The number of carbonyl (C=O) groups excluding carboxylic acids is 1. The molecule has 0 aromatic carbocycles. The number of aliphatic carboxylic acids is 1. The molecule has 2 amide bonds. The van der Waals surface area contributed by atoms with E-state index in [0.717, 1.165) is 12.8 Å². The zero-order chi connectivity index (χ0) is 12.3. The number of hydrogen-bond donors (Lipinski definition) is 3. The van der Waals surface area contributed by atoms with Crippen molar-refractivity contribution in [2.24, 2.45) is 5.92 Å². The predicted octanol–water partition coefficient (Wildman–Crippen LogP) is 0.337. The summed E-state index contributed by atoms with van der Waals surface area (Å²) in [4.78, 5) is 22.3. The molecule has 1 aliphatic rings. The van der Waals surface area contributed by atoms with Crippen molar-refractivity contribution in [2.45, 2.75) is 25.4 Å². The first kappa shape index (κ1) is 11.4. The first-order valence-electron chi connectivity index (χ1n) is 5.33. The number of carboxylic acids is 1. The lowest BCUT2D eigenvalue weighted by atomic mass is 10.2. The van der Waals surface area contributed by atoms with Crippen molar-refractivity contribution in [1.29, 1.82) is 0 Å². The fraction of sp³-hybridized carbons (Fsp3) is 0.500. The molecule has 1 aromatic heterocycles. The van der Waals surface area contributed by atoms with Gasteiger partial charge in [0.1, 0.15) is 6.04 Å². The number of urea groups is 1. The molecular weight excluding hydrogens is 226 g/mol. The van der Waals surface area contributed by atoms with Crippen molar-refractivity contribution in [3.05, 3.63) is 18.0 Å². The number of amides is 2. The van der Waals surface area contributed by atoms with Gasteiger partial charge in [-0.15, -0.1) is 0 Å². The maximum Gasteiger partial charge on any atom is 0.326 e. The Morgan fingerprint density at radius 3 is 2.88 bits per heavy atom. The first-order chi connectivity index (χ1) is 8.16. The third kappa shape index (κ3) is 3.20. The molecule has 0 spiro atoms. The van der Waals surface area contributed by atoms with Gasteiger partial charge < -0.3 is 20.3 Å². The van der Waals surface area contributed by atoms with Crippen LogP contribution in [-0.2, 0) is 11.3 Å². The highest BCUT2D eigenvalue weighted by molar-refractivity contribution is 5.82. The Morgan fingerprint density at radius 2 is 2.35 bits per heavy atom. The lowest BCUT2D eigenvalue weighted by Crippen LogP contribution is -2.46. The molecule has 1 unspecified atom stereocenters. The van der Waals surface area contributed by atoms with Crippen LogP contribution in [0.25, 0.3) is 0 Å². The maximum absolute atomic E-state index is 11.4. The number of rotatable bonds is 5. The van der Waals surface area contributed by atoms with Crippen LogP contribution < -0.4 is 10.6 Å². The molecule has 1 fully saturated rings. The quantitative estimate of drug-likeness (QED) is 0.687. The number of nitrogens with zero attached hydrogens (tertiary/aromatic N) is 1. The van der Waals surface area contributed by atoms with Crippen molar-refractivity contribution in [1.82, 2.24) is 15.8 Å². The standard InChI is InChI=1S/C10H13N3O4/c14-9(15)8(6-1-2-6)13-10(16)11-5-7-3-4-12-17-7/h3-4,6,8H,1-2,5H2,(H,14,15)(H2,11,13,16). The largest absolute Gasteiger partial charge is 0.480 e. The van der Waals surface area contributed by atoms with Gasteiger partial charge in [-0.05, 0) is 18.8 Å². The van der Waals surface area contributed by atoms with Gasteiger partial charge in [0.05, 0.1) is 12.7 Å². The first-order valence-corrected chi connectivity index (χ1v) is 5.33. The summed E-state index contributed by atoms with van der Waals surface area (Å²) in [7, 11) is 0. The van der Waals surface area contributed by atoms with E-state index >= 15 is 0 Å². The maximum atomic E-state index is 11.4. The van der Waals surface area contributed by atoms with Crippen LogP contribution in [0.4, 0.5) is 4.79 Å². The van der Waals surface area contributed by atoms with Gasteiger partial charge in [-0.3, -0.25) is 0 Å². The minimum absolute atomic E-state index is 0.0588. The Balaban J connectivity index is 1.77. The molecule has 3 N–H and O–H groups in total. The molecule has 7 heteroatoms. The second kappa shape index (κ2) is 4.86. The van der Waals surface area contributed by atoms with Gasteiger partial charge in [-0.1, -0.05) is 5.16 Å². The molecule has 0 saturated heterocycles. The highest BCUT2D eigenvalue weighted by Crippen LogP contribution is 2.32. The van der Waals surface area contributed by atoms with Crippen LogP contribution >= 0.6 is 0 Å². The Labute approximate surface area is 97.2 Å². The molecule has 0 aliphatic heterocycles. The van der Waals surface area contributed by atoms with Crippen LogP contribution in [0, 0.1) is 5.92 Å². The molecule has 2 rings (SSSR count). The van der Waals surface area contributed by atoms with Gasteiger partial charge in [-0.2, -0.15) is 0 Å². The van der Waals surface area contributed by atoms with E-state index in [1.807, 2.05) is 0 Å².